The van der Waals surface area contributed by atoms with Gasteiger partial charge in [0.25, 0.3) is 0 Å². The monoisotopic (exact) mass is 570 g/mol. The average Bonchev–Trinajstić information content (AvgIpc) is 3.81. The molecule has 4 aliphatic rings. The maximum absolute atomic E-state index is 15.0. The van der Waals surface area contributed by atoms with Gasteiger partial charge in [0.15, 0.2) is 0 Å². The molecule has 3 fully saturated rings. The van der Waals surface area contributed by atoms with Gasteiger partial charge in [-0.2, -0.15) is 15.2 Å². The van der Waals surface area contributed by atoms with Gasteiger partial charge in [0, 0.05) is 75.0 Å². The van der Waals surface area contributed by atoms with Crippen LogP contribution in [0.2, 0.25) is 0 Å². The summed E-state index contributed by atoms with van der Waals surface area (Å²) >= 11 is 0. The van der Waals surface area contributed by atoms with Crippen molar-refractivity contribution in [1.82, 2.24) is 25.1 Å². The summed E-state index contributed by atoms with van der Waals surface area (Å²) in [6.07, 6.45) is 3.50. The first-order valence-corrected chi connectivity index (χ1v) is 15.3. The number of halogens is 1. The number of aromatic nitrogens is 2. The number of nitriles is 1. The predicted octanol–water partition coefficient (Wildman–Crippen LogP) is 3.18. The fraction of sp³-hybridized carbons (Fsp3) is 0.531. The van der Waals surface area contributed by atoms with Gasteiger partial charge in [-0.15, -0.1) is 0 Å². The Morgan fingerprint density at radius 1 is 1.05 bits per heavy atom. The van der Waals surface area contributed by atoms with E-state index in [1.54, 1.807) is 6.07 Å². The van der Waals surface area contributed by atoms with Gasteiger partial charge >= 0.3 is 6.01 Å². The van der Waals surface area contributed by atoms with Gasteiger partial charge in [-0.1, -0.05) is 24.3 Å². The Morgan fingerprint density at radius 2 is 1.86 bits per heavy atom. The zero-order chi connectivity index (χ0) is 28.7. The van der Waals surface area contributed by atoms with Gasteiger partial charge in [0.1, 0.15) is 18.2 Å². The van der Waals surface area contributed by atoms with Crippen LogP contribution in [-0.2, 0) is 13.0 Å². The normalized spacial score (nSPS) is 22.5. The van der Waals surface area contributed by atoms with E-state index in [4.69, 9.17) is 14.7 Å². The zero-order valence-corrected chi connectivity index (χ0v) is 24.4. The van der Waals surface area contributed by atoms with Crippen molar-refractivity contribution < 1.29 is 9.13 Å². The van der Waals surface area contributed by atoms with E-state index in [-0.39, 0.29) is 17.4 Å². The molecule has 10 heteroatoms. The quantitative estimate of drug-likeness (QED) is 0.461. The average molecular weight is 571 g/mol. The lowest BCUT2D eigenvalue weighted by Gasteiger charge is -2.38. The van der Waals surface area contributed by atoms with Crippen molar-refractivity contribution in [3.63, 3.8) is 0 Å². The predicted molar refractivity (Wildman–Crippen MR) is 161 cm³/mol. The standard InChI is InChI=1S/C32H39FN8O/c1-38-16-18-41(19-17-38)32(10-11-32)22-42-31-36-27-21-39(28-7-3-5-23-4-2-6-26(33)29(23)28)14-9-25(27)30(37-31)40-15-13-35-24(20-40)8-12-34/h2-7,24,35H,8-11,13-22H2,1H3/t24-/m0/s1. The van der Waals surface area contributed by atoms with Crippen LogP contribution in [0.3, 0.4) is 0 Å². The van der Waals surface area contributed by atoms with Crippen LogP contribution in [-0.4, -0.2) is 97.4 Å². The van der Waals surface area contributed by atoms with Gasteiger partial charge in [-0.3, -0.25) is 4.90 Å². The Hall–Kier alpha value is -3.52. The van der Waals surface area contributed by atoms with E-state index in [1.807, 2.05) is 24.3 Å². The zero-order valence-electron chi connectivity index (χ0n) is 24.4. The summed E-state index contributed by atoms with van der Waals surface area (Å²) in [7, 11) is 2.18. The van der Waals surface area contributed by atoms with E-state index in [0.29, 0.717) is 31.0 Å². The Kier molecular flexibility index (Phi) is 7.34. The van der Waals surface area contributed by atoms with Crippen molar-refractivity contribution in [3.8, 4) is 12.1 Å². The highest BCUT2D eigenvalue weighted by molar-refractivity contribution is 5.95. The molecule has 1 N–H and O–H groups in total. The summed E-state index contributed by atoms with van der Waals surface area (Å²) in [5, 5.41) is 14.3. The highest BCUT2D eigenvalue weighted by Gasteiger charge is 2.49. The third-order valence-electron chi connectivity index (χ3n) is 9.56. The van der Waals surface area contributed by atoms with Crippen molar-refractivity contribution in [3.05, 3.63) is 53.5 Å². The van der Waals surface area contributed by atoms with Crippen molar-refractivity contribution >= 4 is 22.3 Å². The molecular weight excluding hydrogens is 531 g/mol. The summed E-state index contributed by atoms with van der Waals surface area (Å²) in [5.74, 6) is 0.719. The summed E-state index contributed by atoms with van der Waals surface area (Å²) in [5.41, 5.74) is 3.05. The molecule has 1 saturated carbocycles. The number of piperazine rings is 2. The summed E-state index contributed by atoms with van der Waals surface area (Å²) in [6, 6.07) is 14.1. The maximum atomic E-state index is 15.0. The number of hydrogen-bond acceptors (Lipinski definition) is 9. The molecule has 0 amide bonds. The molecule has 7 rings (SSSR count). The lowest BCUT2D eigenvalue weighted by atomic mass is 10.0. The summed E-state index contributed by atoms with van der Waals surface area (Å²) < 4.78 is 21.5. The van der Waals surface area contributed by atoms with Crippen LogP contribution in [0.25, 0.3) is 10.8 Å². The van der Waals surface area contributed by atoms with Crippen LogP contribution in [0, 0.1) is 17.1 Å². The Bertz CT molecular complexity index is 1490. The van der Waals surface area contributed by atoms with E-state index < -0.39 is 0 Å². The number of benzene rings is 2. The van der Waals surface area contributed by atoms with Crippen LogP contribution in [0.5, 0.6) is 6.01 Å². The number of anilines is 2. The first-order chi connectivity index (χ1) is 20.5. The van der Waals surface area contributed by atoms with E-state index in [9.17, 15) is 5.26 Å². The lowest BCUT2D eigenvalue weighted by molar-refractivity contribution is 0.0650. The number of nitrogens with one attached hydrogen (secondary N) is 1. The molecule has 9 nitrogen and oxygen atoms in total. The van der Waals surface area contributed by atoms with Crippen molar-refractivity contribution in [1.29, 1.82) is 5.26 Å². The van der Waals surface area contributed by atoms with E-state index in [0.717, 1.165) is 99.8 Å². The highest BCUT2D eigenvalue weighted by atomic mass is 19.1. The maximum Gasteiger partial charge on any atom is 0.318 e. The molecule has 1 atom stereocenters. The highest BCUT2D eigenvalue weighted by Crippen LogP contribution is 2.43. The molecule has 2 aromatic carbocycles. The molecule has 0 unspecified atom stereocenters. The SMILES string of the molecule is CN1CCN(C2(COc3nc4c(c(N5CCN[C@@H](CC#N)C5)n3)CCN(c3cccc5cccc(F)c35)C4)CC2)CC1. The minimum absolute atomic E-state index is 0.0835. The van der Waals surface area contributed by atoms with Crippen LogP contribution in [0.4, 0.5) is 15.9 Å². The van der Waals surface area contributed by atoms with Crippen molar-refractivity contribution in [2.24, 2.45) is 0 Å². The topological polar surface area (TPSA) is 83.8 Å². The second-order valence-electron chi connectivity index (χ2n) is 12.3. The summed E-state index contributed by atoms with van der Waals surface area (Å²) in [4.78, 5) is 19.5. The molecule has 42 heavy (non-hydrogen) atoms. The number of likely N-dealkylation sites (N-methyl/N-ethyl adjacent to an activating group) is 1. The number of hydrogen-bond donors (Lipinski definition) is 1. The molecule has 1 aliphatic carbocycles. The largest absolute Gasteiger partial charge is 0.461 e. The molecule has 0 radical (unpaired) electrons. The van der Waals surface area contributed by atoms with Gasteiger partial charge in [-0.05, 0) is 43.8 Å². The molecule has 1 aromatic heterocycles. The smallest absolute Gasteiger partial charge is 0.318 e. The molecule has 3 aromatic rings. The van der Waals surface area contributed by atoms with Gasteiger partial charge in [0.2, 0.25) is 0 Å². The van der Waals surface area contributed by atoms with Crippen LogP contribution in [0.1, 0.15) is 30.5 Å². The molecule has 2 saturated heterocycles. The molecule has 4 heterocycles. The van der Waals surface area contributed by atoms with E-state index >= 15 is 4.39 Å². The second kappa shape index (κ2) is 11.3. The van der Waals surface area contributed by atoms with Crippen LogP contribution >= 0.6 is 0 Å². The van der Waals surface area contributed by atoms with E-state index in [1.165, 1.54) is 6.07 Å². The number of nitrogens with zero attached hydrogens (tertiary/aromatic N) is 7. The first kappa shape index (κ1) is 27.3. The van der Waals surface area contributed by atoms with Crippen molar-refractivity contribution in [2.45, 2.75) is 43.8 Å². The van der Waals surface area contributed by atoms with Crippen LogP contribution < -0.4 is 19.9 Å². The van der Waals surface area contributed by atoms with E-state index in [2.05, 4.69) is 38.0 Å². The third-order valence-corrected chi connectivity index (χ3v) is 9.56. The summed E-state index contributed by atoms with van der Waals surface area (Å²) in [6.45, 7) is 8.53. The fourth-order valence-corrected chi connectivity index (χ4v) is 6.90. The minimum atomic E-state index is -0.204. The van der Waals surface area contributed by atoms with Crippen molar-refractivity contribution in [2.75, 3.05) is 75.8 Å². The third kappa shape index (κ3) is 5.26. The molecule has 220 valence electrons. The fourth-order valence-electron chi connectivity index (χ4n) is 6.90. The molecular formula is C32H39FN8O. The number of fused-ring (bicyclic) bond motifs is 2. The Morgan fingerprint density at radius 3 is 2.64 bits per heavy atom. The second-order valence-corrected chi connectivity index (χ2v) is 12.3. The molecule has 0 bridgehead atoms. The van der Waals surface area contributed by atoms with Gasteiger partial charge in [0.05, 0.1) is 30.3 Å². The van der Waals surface area contributed by atoms with Gasteiger partial charge < -0.3 is 24.8 Å². The molecule has 0 spiro atoms. The number of ether oxygens (including phenoxy) is 1. The number of rotatable bonds is 7. The Balaban J connectivity index is 1.19. The lowest BCUT2D eigenvalue weighted by Crippen LogP contribution is -2.52. The molecule has 3 aliphatic heterocycles. The minimum Gasteiger partial charge on any atom is -0.461 e. The Labute approximate surface area is 246 Å². The van der Waals surface area contributed by atoms with Crippen LogP contribution in [0.15, 0.2) is 36.4 Å². The van der Waals surface area contributed by atoms with Gasteiger partial charge in [-0.25, -0.2) is 4.39 Å². The first-order valence-electron chi connectivity index (χ1n) is 15.3.